The molecule has 138 valence electrons. The zero-order chi connectivity index (χ0) is 18.1. The van der Waals surface area contributed by atoms with Crippen LogP contribution >= 0.6 is 11.3 Å². The average Bonchev–Trinajstić information content (AvgIpc) is 3.17. The van der Waals surface area contributed by atoms with Crippen LogP contribution in [0.25, 0.3) is 10.6 Å². The highest BCUT2D eigenvalue weighted by atomic mass is 32.1. The van der Waals surface area contributed by atoms with Crippen LogP contribution in [0.5, 0.6) is 5.75 Å². The summed E-state index contributed by atoms with van der Waals surface area (Å²) in [5.41, 5.74) is 0.807. The molecule has 2 atom stereocenters. The van der Waals surface area contributed by atoms with Gasteiger partial charge in [0.05, 0.1) is 12.7 Å². The molecule has 4 rings (SSSR count). The summed E-state index contributed by atoms with van der Waals surface area (Å²) in [6, 6.07) is 5.33. The number of hydrogen-bond donors (Lipinski definition) is 0. The van der Waals surface area contributed by atoms with E-state index in [1.165, 1.54) is 44.1 Å². The third kappa shape index (κ3) is 3.11. The van der Waals surface area contributed by atoms with Gasteiger partial charge in [0.15, 0.2) is 11.6 Å². The number of benzene rings is 1. The first-order chi connectivity index (χ1) is 12.7. The molecular weight excluding hydrogens is 351 g/mol. The van der Waals surface area contributed by atoms with Crippen molar-refractivity contribution in [1.29, 1.82) is 0 Å². The summed E-state index contributed by atoms with van der Waals surface area (Å²) >= 11 is 1.30. The zero-order valence-electron chi connectivity index (χ0n) is 14.9. The summed E-state index contributed by atoms with van der Waals surface area (Å²) in [4.78, 5) is 19.5. The predicted octanol–water partition coefficient (Wildman–Crippen LogP) is 4.75. The Morgan fingerprint density at radius 2 is 2.08 bits per heavy atom. The van der Waals surface area contributed by atoms with Crippen molar-refractivity contribution >= 4 is 17.2 Å². The lowest BCUT2D eigenvalue weighted by Gasteiger charge is -2.43. The maximum atomic E-state index is 14.5. The Bertz CT molecular complexity index is 805. The lowest BCUT2D eigenvalue weighted by molar-refractivity contribution is 0.0386. The lowest BCUT2D eigenvalue weighted by Crippen LogP contribution is -2.49. The highest BCUT2D eigenvalue weighted by Crippen LogP contribution is 2.37. The minimum atomic E-state index is -0.436. The van der Waals surface area contributed by atoms with E-state index in [4.69, 9.17) is 4.74 Å². The SMILES string of the molecule is COc1cccc(-c2nc(C(=O)N3CCCC4CCCCC43)cs2)c1F. The Kier molecular flexibility index (Phi) is 4.94. The molecule has 4 nitrogen and oxygen atoms in total. The molecule has 2 aromatic rings. The molecule has 1 saturated carbocycles. The minimum Gasteiger partial charge on any atom is -0.494 e. The fraction of sp³-hybridized carbons (Fsp3) is 0.500. The number of carbonyl (C=O) groups is 1. The van der Waals surface area contributed by atoms with E-state index in [1.807, 2.05) is 4.90 Å². The first-order valence-corrected chi connectivity index (χ1v) is 10.2. The van der Waals surface area contributed by atoms with E-state index in [-0.39, 0.29) is 11.7 Å². The molecule has 26 heavy (non-hydrogen) atoms. The number of likely N-dealkylation sites (tertiary alicyclic amines) is 1. The second-order valence-corrected chi connectivity index (χ2v) is 7.97. The number of methoxy groups -OCH3 is 1. The normalized spacial score (nSPS) is 22.8. The van der Waals surface area contributed by atoms with E-state index >= 15 is 0 Å². The van der Waals surface area contributed by atoms with Gasteiger partial charge in [0.25, 0.3) is 5.91 Å². The molecule has 1 saturated heterocycles. The lowest BCUT2D eigenvalue weighted by atomic mass is 9.78. The number of hydrogen-bond acceptors (Lipinski definition) is 4. The molecular formula is C20H23FN2O2S. The summed E-state index contributed by atoms with van der Waals surface area (Å²) in [6.45, 7) is 0.806. The number of halogens is 1. The van der Waals surface area contributed by atoms with Crippen molar-refractivity contribution in [3.63, 3.8) is 0 Å². The first-order valence-electron chi connectivity index (χ1n) is 9.28. The molecule has 2 heterocycles. The number of rotatable bonds is 3. The van der Waals surface area contributed by atoms with E-state index in [2.05, 4.69) is 4.98 Å². The van der Waals surface area contributed by atoms with Gasteiger partial charge >= 0.3 is 0 Å². The molecule has 1 aromatic carbocycles. The second kappa shape index (κ2) is 7.35. The van der Waals surface area contributed by atoms with Gasteiger partial charge in [0.1, 0.15) is 10.7 Å². The van der Waals surface area contributed by atoms with Crippen molar-refractivity contribution < 1.29 is 13.9 Å². The number of ether oxygens (including phenoxy) is 1. The number of amides is 1. The standard InChI is InChI=1S/C20H23FN2O2S/c1-25-17-10-4-8-14(18(17)21)19-22-15(12-26-19)20(24)23-11-5-7-13-6-2-3-9-16(13)23/h4,8,10,12-13,16H,2-3,5-7,9,11H2,1H3. The van der Waals surface area contributed by atoms with Gasteiger partial charge in [-0.15, -0.1) is 11.3 Å². The van der Waals surface area contributed by atoms with Gasteiger partial charge in [-0.1, -0.05) is 18.9 Å². The topological polar surface area (TPSA) is 42.4 Å². The van der Waals surface area contributed by atoms with Crippen molar-refractivity contribution in [2.24, 2.45) is 5.92 Å². The zero-order valence-corrected chi connectivity index (χ0v) is 15.7. The third-order valence-corrected chi connectivity index (χ3v) is 6.52. The quantitative estimate of drug-likeness (QED) is 0.778. The van der Waals surface area contributed by atoms with Crippen molar-refractivity contribution in [3.8, 4) is 16.3 Å². The summed E-state index contributed by atoms with van der Waals surface area (Å²) in [5, 5.41) is 2.27. The number of nitrogens with zero attached hydrogens (tertiary/aromatic N) is 2. The van der Waals surface area contributed by atoms with Gasteiger partial charge in [-0.05, 0) is 43.7 Å². The van der Waals surface area contributed by atoms with Crippen molar-refractivity contribution in [2.45, 2.75) is 44.6 Å². The summed E-state index contributed by atoms with van der Waals surface area (Å²) < 4.78 is 19.5. The Morgan fingerprint density at radius 3 is 2.92 bits per heavy atom. The van der Waals surface area contributed by atoms with Gasteiger partial charge in [-0.2, -0.15) is 0 Å². The van der Waals surface area contributed by atoms with E-state index < -0.39 is 5.82 Å². The molecule has 2 unspecified atom stereocenters. The molecule has 0 bridgehead atoms. The Hall–Kier alpha value is -1.95. The summed E-state index contributed by atoms with van der Waals surface area (Å²) in [5.74, 6) is 0.378. The molecule has 1 amide bonds. The average molecular weight is 374 g/mol. The molecule has 1 aliphatic carbocycles. The van der Waals surface area contributed by atoms with Crippen LogP contribution in [0.4, 0.5) is 4.39 Å². The highest BCUT2D eigenvalue weighted by Gasteiger charge is 2.36. The van der Waals surface area contributed by atoms with Crippen molar-refractivity contribution in [1.82, 2.24) is 9.88 Å². The highest BCUT2D eigenvalue weighted by molar-refractivity contribution is 7.13. The molecule has 0 radical (unpaired) electrons. The van der Waals surface area contributed by atoms with Crippen LogP contribution in [0.15, 0.2) is 23.6 Å². The molecule has 0 N–H and O–H groups in total. The maximum Gasteiger partial charge on any atom is 0.273 e. The number of thiazole rings is 1. The monoisotopic (exact) mass is 374 g/mol. The molecule has 1 aliphatic heterocycles. The van der Waals surface area contributed by atoms with E-state index in [0.717, 1.165) is 19.4 Å². The first kappa shape index (κ1) is 17.5. The Labute approximate surface area is 157 Å². The minimum absolute atomic E-state index is 0.00703. The van der Waals surface area contributed by atoms with Crippen LogP contribution in [0.2, 0.25) is 0 Å². The molecule has 1 aromatic heterocycles. The van der Waals surface area contributed by atoms with Crippen LogP contribution in [-0.2, 0) is 0 Å². The fourth-order valence-electron chi connectivity index (χ4n) is 4.35. The Balaban J connectivity index is 1.59. The van der Waals surface area contributed by atoms with Gasteiger partial charge in [-0.3, -0.25) is 4.79 Å². The van der Waals surface area contributed by atoms with Gasteiger partial charge < -0.3 is 9.64 Å². The van der Waals surface area contributed by atoms with Gasteiger partial charge in [0, 0.05) is 18.0 Å². The Morgan fingerprint density at radius 1 is 1.27 bits per heavy atom. The van der Waals surface area contributed by atoms with Crippen LogP contribution < -0.4 is 4.74 Å². The number of carbonyl (C=O) groups excluding carboxylic acids is 1. The third-order valence-electron chi connectivity index (χ3n) is 5.64. The molecule has 6 heteroatoms. The second-order valence-electron chi connectivity index (χ2n) is 7.11. The van der Waals surface area contributed by atoms with E-state index in [1.54, 1.807) is 23.6 Å². The van der Waals surface area contributed by atoms with Crippen LogP contribution in [0, 0.1) is 11.7 Å². The molecule has 2 fully saturated rings. The van der Waals surface area contributed by atoms with Gasteiger partial charge in [0.2, 0.25) is 0 Å². The summed E-state index contributed by atoms with van der Waals surface area (Å²) in [7, 11) is 1.44. The molecule has 0 spiro atoms. The number of piperidine rings is 1. The number of aromatic nitrogens is 1. The van der Waals surface area contributed by atoms with Crippen molar-refractivity contribution in [3.05, 3.63) is 35.1 Å². The van der Waals surface area contributed by atoms with Crippen LogP contribution in [0.1, 0.15) is 49.0 Å². The molecule has 2 aliphatic rings. The fourth-order valence-corrected chi connectivity index (χ4v) is 5.17. The maximum absolute atomic E-state index is 14.5. The van der Waals surface area contributed by atoms with Crippen LogP contribution in [-0.4, -0.2) is 35.5 Å². The van der Waals surface area contributed by atoms with Crippen molar-refractivity contribution in [2.75, 3.05) is 13.7 Å². The van der Waals surface area contributed by atoms with Gasteiger partial charge in [-0.25, -0.2) is 9.37 Å². The smallest absolute Gasteiger partial charge is 0.273 e. The number of fused-ring (bicyclic) bond motifs is 1. The summed E-state index contributed by atoms with van der Waals surface area (Å²) in [6.07, 6.45) is 7.09. The van der Waals surface area contributed by atoms with Crippen LogP contribution in [0.3, 0.4) is 0 Å². The largest absolute Gasteiger partial charge is 0.494 e. The van der Waals surface area contributed by atoms with E-state index in [0.29, 0.717) is 28.2 Å². The predicted molar refractivity (Wildman–Crippen MR) is 100 cm³/mol. The van der Waals surface area contributed by atoms with E-state index in [9.17, 15) is 9.18 Å².